The lowest BCUT2D eigenvalue weighted by atomic mass is 9.95. The molecular weight excluding hydrogens is 212 g/mol. The molecule has 0 bridgehead atoms. The molecule has 3 nitrogen and oxygen atoms in total. The van der Waals surface area contributed by atoms with Gasteiger partial charge in [0.2, 0.25) is 5.91 Å². The van der Waals surface area contributed by atoms with Gasteiger partial charge in [0, 0.05) is 13.1 Å². The van der Waals surface area contributed by atoms with Gasteiger partial charge in [-0.3, -0.25) is 4.79 Å². The molecule has 0 aliphatic heterocycles. The van der Waals surface area contributed by atoms with Crippen LogP contribution in [0.15, 0.2) is 0 Å². The number of hydrogen-bond acceptors (Lipinski definition) is 2. The topological polar surface area (TPSA) is 46.3 Å². The zero-order chi connectivity index (χ0) is 12.8. The van der Waals surface area contributed by atoms with Crippen molar-refractivity contribution in [2.75, 3.05) is 19.6 Å². The van der Waals surface area contributed by atoms with Crippen LogP contribution in [0, 0.1) is 30.1 Å². The molecule has 1 atom stereocenters. The Hall–Kier alpha value is -1.01. The summed E-state index contributed by atoms with van der Waals surface area (Å²) >= 11 is 0. The first-order chi connectivity index (χ1) is 8.08. The third-order valence-corrected chi connectivity index (χ3v) is 3.16. The third-order valence-electron chi connectivity index (χ3n) is 3.16. The molecule has 1 aliphatic rings. The van der Waals surface area contributed by atoms with Crippen LogP contribution in [0.4, 0.5) is 0 Å². The average Bonchev–Trinajstić information content (AvgIpc) is 3.08. The van der Waals surface area contributed by atoms with Crippen molar-refractivity contribution in [3.05, 3.63) is 0 Å². The van der Waals surface area contributed by atoms with E-state index in [1.165, 1.54) is 12.8 Å². The lowest BCUT2D eigenvalue weighted by molar-refractivity contribution is -0.135. The van der Waals surface area contributed by atoms with Crippen molar-refractivity contribution in [3.63, 3.8) is 0 Å². The minimum absolute atomic E-state index is 0.0675. The van der Waals surface area contributed by atoms with E-state index >= 15 is 0 Å². The van der Waals surface area contributed by atoms with Crippen LogP contribution < -0.4 is 5.73 Å². The molecule has 0 aromatic carbocycles. The number of nitrogens with zero attached hydrogens (tertiary/aromatic N) is 1. The van der Waals surface area contributed by atoms with Crippen LogP contribution in [0.3, 0.4) is 0 Å². The number of amides is 1. The quantitative estimate of drug-likeness (QED) is 0.681. The van der Waals surface area contributed by atoms with E-state index in [0.29, 0.717) is 24.9 Å². The Morgan fingerprint density at radius 3 is 2.59 bits per heavy atom. The zero-order valence-corrected chi connectivity index (χ0v) is 11.0. The van der Waals surface area contributed by atoms with Crippen LogP contribution in [-0.4, -0.2) is 30.4 Å². The second-order valence-corrected chi connectivity index (χ2v) is 5.43. The van der Waals surface area contributed by atoms with E-state index in [4.69, 9.17) is 12.2 Å². The van der Waals surface area contributed by atoms with Crippen molar-refractivity contribution in [1.29, 1.82) is 0 Å². The molecule has 1 aliphatic carbocycles. The molecule has 1 rings (SSSR count). The van der Waals surface area contributed by atoms with Crippen molar-refractivity contribution in [2.24, 2.45) is 23.5 Å². The molecule has 0 saturated heterocycles. The Labute approximate surface area is 105 Å². The summed E-state index contributed by atoms with van der Waals surface area (Å²) in [6.45, 7) is 5.88. The molecule has 2 N–H and O–H groups in total. The Kier molecular flexibility index (Phi) is 5.50. The van der Waals surface area contributed by atoms with Gasteiger partial charge < -0.3 is 10.6 Å². The minimum Gasteiger partial charge on any atom is -0.331 e. The van der Waals surface area contributed by atoms with Gasteiger partial charge >= 0.3 is 0 Å². The lowest BCUT2D eigenvalue weighted by Gasteiger charge is -2.26. The van der Waals surface area contributed by atoms with Crippen molar-refractivity contribution in [1.82, 2.24) is 4.90 Å². The van der Waals surface area contributed by atoms with E-state index in [9.17, 15) is 4.79 Å². The van der Waals surface area contributed by atoms with Gasteiger partial charge in [-0.25, -0.2) is 0 Å². The second kappa shape index (κ2) is 6.66. The summed E-state index contributed by atoms with van der Waals surface area (Å²) in [6, 6.07) is 0. The van der Waals surface area contributed by atoms with Crippen LogP contribution in [0.5, 0.6) is 0 Å². The summed E-state index contributed by atoms with van der Waals surface area (Å²) in [6.07, 6.45) is 8.64. The molecule has 17 heavy (non-hydrogen) atoms. The summed E-state index contributed by atoms with van der Waals surface area (Å²) in [5.74, 6) is 3.81. The largest absolute Gasteiger partial charge is 0.331 e. The van der Waals surface area contributed by atoms with E-state index in [-0.39, 0.29) is 11.8 Å². The van der Waals surface area contributed by atoms with Gasteiger partial charge in [0.05, 0.1) is 12.5 Å². The number of carbonyl (C=O) groups excluding carboxylic acids is 1. The summed E-state index contributed by atoms with van der Waals surface area (Å²) in [5.41, 5.74) is 5.70. The normalized spacial score (nSPS) is 16.6. The van der Waals surface area contributed by atoms with Gasteiger partial charge in [-0.05, 0) is 31.1 Å². The molecular formula is C14H24N2O. The van der Waals surface area contributed by atoms with E-state index in [2.05, 4.69) is 19.8 Å². The highest BCUT2D eigenvalue weighted by Crippen LogP contribution is 2.30. The van der Waals surface area contributed by atoms with Crippen LogP contribution in [0.1, 0.15) is 33.1 Å². The molecule has 3 heteroatoms. The Balaban J connectivity index is 2.56. The third kappa shape index (κ3) is 4.79. The fourth-order valence-electron chi connectivity index (χ4n) is 2.08. The van der Waals surface area contributed by atoms with Gasteiger partial charge in [0.15, 0.2) is 0 Å². The van der Waals surface area contributed by atoms with Crippen LogP contribution in [0.2, 0.25) is 0 Å². The van der Waals surface area contributed by atoms with Gasteiger partial charge in [-0.1, -0.05) is 19.8 Å². The molecule has 0 radical (unpaired) electrons. The molecule has 0 aromatic rings. The molecule has 1 unspecified atom stereocenters. The maximum Gasteiger partial charge on any atom is 0.227 e. The van der Waals surface area contributed by atoms with E-state index < -0.39 is 0 Å². The maximum atomic E-state index is 12.3. The van der Waals surface area contributed by atoms with Crippen LogP contribution in [0.25, 0.3) is 0 Å². The van der Waals surface area contributed by atoms with Crippen molar-refractivity contribution in [2.45, 2.75) is 33.1 Å². The number of terminal acetylenes is 1. The van der Waals surface area contributed by atoms with Gasteiger partial charge in [0.25, 0.3) is 0 Å². The molecule has 1 saturated carbocycles. The monoisotopic (exact) mass is 236 g/mol. The average molecular weight is 236 g/mol. The van der Waals surface area contributed by atoms with Crippen molar-refractivity contribution in [3.8, 4) is 12.3 Å². The summed E-state index contributed by atoms with van der Waals surface area (Å²) < 4.78 is 0. The highest BCUT2D eigenvalue weighted by atomic mass is 16.2. The maximum absolute atomic E-state index is 12.3. The summed E-state index contributed by atoms with van der Waals surface area (Å²) in [5, 5.41) is 0. The predicted molar refractivity (Wildman–Crippen MR) is 70.1 cm³/mol. The molecule has 96 valence electrons. The number of rotatable bonds is 7. The fraction of sp³-hybridized carbons (Fsp3) is 0.786. The number of carbonyl (C=O) groups is 1. The highest BCUT2D eigenvalue weighted by molar-refractivity contribution is 5.79. The second-order valence-electron chi connectivity index (χ2n) is 5.43. The standard InChI is InChI=1S/C14H24N2O/c1-4-7-16(10-12-5-6-12)14(17)13(9-15)8-11(2)3/h1,11-13H,5-10,15H2,2-3H3. The molecule has 0 aromatic heterocycles. The molecule has 1 amide bonds. The smallest absolute Gasteiger partial charge is 0.227 e. The molecule has 0 heterocycles. The van der Waals surface area contributed by atoms with Crippen LogP contribution in [-0.2, 0) is 4.79 Å². The minimum atomic E-state index is -0.0675. The van der Waals surface area contributed by atoms with Gasteiger partial charge in [-0.15, -0.1) is 6.42 Å². The molecule has 0 spiro atoms. The molecule has 1 fully saturated rings. The summed E-state index contributed by atoms with van der Waals surface area (Å²) in [7, 11) is 0. The predicted octanol–water partition coefficient (Wildman–Crippen LogP) is 1.48. The van der Waals surface area contributed by atoms with Gasteiger partial charge in [-0.2, -0.15) is 0 Å². The van der Waals surface area contributed by atoms with Crippen molar-refractivity contribution >= 4 is 5.91 Å². The zero-order valence-electron chi connectivity index (χ0n) is 11.0. The fourth-order valence-corrected chi connectivity index (χ4v) is 2.08. The SMILES string of the molecule is C#CCN(CC1CC1)C(=O)C(CN)CC(C)C. The Morgan fingerprint density at radius 2 is 2.18 bits per heavy atom. The Morgan fingerprint density at radius 1 is 1.53 bits per heavy atom. The first-order valence-electron chi connectivity index (χ1n) is 6.50. The van der Waals surface area contributed by atoms with Gasteiger partial charge in [0.1, 0.15) is 0 Å². The number of nitrogens with two attached hydrogens (primary N) is 1. The Bertz CT molecular complexity index is 289. The van der Waals surface area contributed by atoms with E-state index in [0.717, 1.165) is 13.0 Å². The highest BCUT2D eigenvalue weighted by Gasteiger charge is 2.29. The number of hydrogen-bond donors (Lipinski definition) is 1. The van der Waals surface area contributed by atoms with E-state index in [1.807, 2.05) is 4.90 Å². The van der Waals surface area contributed by atoms with Crippen molar-refractivity contribution < 1.29 is 4.79 Å². The van der Waals surface area contributed by atoms with E-state index in [1.54, 1.807) is 0 Å². The first-order valence-corrected chi connectivity index (χ1v) is 6.50. The lowest BCUT2D eigenvalue weighted by Crippen LogP contribution is -2.41. The first kappa shape index (κ1) is 14.1. The summed E-state index contributed by atoms with van der Waals surface area (Å²) in [4.78, 5) is 14.1. The van der Waals surface area contributed by atoms with Crippen LogP contribution >= 0.6 is 0 Å².